The average molecular weight is 258 g/mol. The molecule has 0 aliphatic carbocycles. The summed E-state index contributed by atoms with van der Waals surface area (Å²) in [7, 11) is 0. The number of halogens is 1. The molecule has 0 heterocycles. The van der Waals surface area contributed by atoms with Gasteiger partial charge < -0.3 is 16.8 Å². The second-order valence-corrected chi connectivity index (χ2v) is 3.54. The fraction of sp³-hybridized carbons (Fsp3) is 0.273. The fourth-order valence-electron chi connectivity index (χ4n) is 1.24. The quantitative estimate of drug-likeness (QED) is 0.713. The van der Waals surface area contributed by atoms with Gasteiger partial charge in [-0.05, 0) is 12.5 Å². The minimum Gasteiger partial charge on any atom is -0.368 e. The molecule has 0 radical (unpaired) electrons. The van der Waals surface area contributed by atoms with Gasteiger partial charge in [0.2, 0.25) is 11.8 Å². The van der Waals surface area contributed by atoms with E-state index in [-0.39, 0.29) is 12.4 Å². The Hall–Kier alpha value is -1.59. The molecule has 5 N–H and O–H groups in total. The van der Waals surface area contributed by atoms with E-state index in [4.69, 9.17) is 11.5 Å². The molecule has 0 aromatic heterocycles. The minimum atomic E-state index is -0.834. The Balaban J connectivity index is 0.00000256. The molecular formula is C11H16ClN3O2. The van der Waals surface area contributed by atoms with E-state index in [1.807, 2.05) is 6.07 Å². The lowest BCUT2D eigenvalue weighted by atomic mass is 10.1. The van der Waals surface area contributed by atoms with E-state index in [0.29, 0.717) is 5.56 Å². The molecule has 0 bridgehead atoms. The number of rotatable bonds is 4. The van der Waals surface area contributed by atoms with Crippen molar-refractivity contribution in [3.05, 3.63) is 35.9 Å². The van der Waals surface area contributed by atoms with E-state index in [0.717, 1.165) is 0 Å². The number of amides is 2. The van der Waals surface area contributed by atoms with E-state index in [9.17, 15) is 9.59 Å². The summed E-state index contributed by atoms with van der Waals surface area (Å²) in [6.07, 6.45) is 0. The van der Waals surface area contributed by atoms with Crippen LogP contribution in [0.15, 0.2) is 30.3 Å². The van der Waals surface area contributed by atoms with Gasteiger partial charge >= 0.3 is 0 Å². The summed E-state index contributed by atoms with van der Waals surface area (Å²) < 4.78 is 0. The lowest BCUT2D eigenvalue weighted by molar-refractivity contribution is -0.128. The van der Waals surface area contributed by atoms with Crippen molar-refractivity contribution in [2.45, 2.75) is 19.0 Å². The molecule has 5 nitrogen and oxygen atoms in total. The number of hydrogen-bond donors (Lipinski definition) is 3. The van der Waals surface area contributed by atoms with Crippen molar-refractivity contribution in [3.63, 3.8) is 0 Å². The molecule has 0 saturated carbocycles. The van der Waals surface area contributed by atoms with Crippen LogP contribution in [0.4, 0.5) is 0 Å². The van der Waals surface area contributed by atoms with Crippen LogP contribution in [0, 0.1) is 0 Å². The maximum absolute atomic E-state index is 11.4. The summed E-state index contributed by atoms with van der Waals surface area (Å²) in [6, 6.07) is 7.28. The van der Waals surface area contributed by atoms with Crippen LogP contribution in [-0.2, 0) is 9.59 Å². The molecule has 2 atom stereocenters. The Kier molecular flexibility index (Phi) is 6.23. The van der Waals surface area contributed by atoms with Crippen molar-refractivity contribution in [3.8, 4) is 0 Å². The van der Waals surface area contributed by atoms with Crippen molar-refractivity contribution < 1.29 is 9.59 Å². The van der Waals surface area contributed by atoms with E-state index < -0.39 is 23.9 Å². The molecule has 1 unspecified atom stereocenters. The average Bonchev–Trinajstić information content (AvgIpc) is 2.26. The van der Waals surface area contributed by atoms with Crippen molar-refractivity contribution in [1.29, 1.82) is 0 Å². The first-order valence-electron chi connectivity index (χ1n) is 4.92. The molecule has 2 amide bonds. The lowest BCUT2D eigenvalue weighted by Gasteiger charge is -2.17. The fourth-order valence-corrected chi connectivity index (χ4v) is 1.24. The van der Waals surface area contributed by atoms with E-state index in [1.54, 1.807) is 31.2 Å². The van der Waals surface area contributed by atoms with Crippen LogP contribution in [0.25, 0.3) is 0 Å². The van der Waals surface area contributed by atoms with E-state index in [2.05, 4.69) is 5.32 Å². The normalized spacial score (nSPS) is 13.1. The summed E-state index contributed by atoms with van der Waals surface area (Å²) in [6.45, 7) is 1.54. The van der Waals surface area contributed by atoms with Gasteiger partial charge in [-0.15, -0.1) is 12.4 Å². The number of carbonyl (C=O) groups is 2. The smallest absolute Gasteiger partial charge is 0.244 e. The van der Waals surface area contributed by atoms with Crippen LogP contribution in [0.5, 0.6) is 0 Å². The molecule has 0 aliphatic rings. The first kappa shape index (κ1) is 15.4. The van der Waals surface area contributed by atoms with Crippen LogP contribution in [0.1, 0.15) is 18.5 Å². The van der Waals surface area contributed by atoms with Crippen molar-refractivity contribution >= 4 is 24.2 Å². The third-order valence-electron chi connectivity index (χ3n) is 2.12. The van der Waals surface area contributed by atoms with Gasteiger partial charge in [0.15, 0.2) is 0 Å². The molecule has 94 valence electrons. The Morgan fingerprint density at radius 2 is 1.76 bits per heavy atom. The molecular weight excluding hydrogens is 242 g/mol. The van der Waals surface area contributed by atoms with Gasteiger partial charge in [-0.2, -0.15) is 0 Å². The predicted octanol–water partition coefficient (Wildman–Crippen LogP) is 0.0982. The van der Waals surface area contributed by atoms with Crippen molar-refractivity contribution in [2.75, 3.05) is 0 Å². The van der Waals surface area contributed by atoms with Crippen molar-refractivity contribution in [1.82, 2.24) is 5.32 Å². The van der Waals surface area contributed by atoms with Crippen LogP contribution in [0.3, 0.4) is 0 Å². The highest BCUT2D eigenvalue weighted by atomic mass is 35.5. The molecule has 1 aromatic rings. The van der Waals surface area contributed by atoms with Crippen LogP contribution >= 0.6 is 12.4 Å². The monoisotopic (exact) mass is 257 g/mol. The van der Waals surface area contributed by atoms with Crippen LogP contribution < -0.4 is 16.8 Å². The van der Waals surface area contributed by atoms with Gasteiger partial charge in [0, 0.05) is 0 Å². The standard InChI is InChI=1S/C11H15N3O2.ClH/c1-7(12)11(16)14-9(10(13)15)8-5-3-2-4-6-8;/h2-7,9H,12H2,1H3,(H2,13,15)(H,14,16);1H/t7-,9?;/m0./s1. The molecule has 1 rings (SSSR count). The van der Waals surface area contributed by atoms with Crippen LogP contribution in [-0.4, -0.2) is 17.9 Å². The SMILES string of the molecule is C[C@H](N)C(=O)NC(C(N)=O)c1ccccc1.Cl. The zero-order chi connectivity index (χ0) is 12.1. The highest BCUT2D eigenvalue weighted by Gasteiger charge is 2.21. The summed E-state index contributed by atoms with van der Waals surface area (Å²) in [4.78, 5) is 22.6. The summed E-state index contributed by atoms with van der Waals surface area (Å²) in [5, 5.41) is 2.49. The van der Waals surface area contributed by atoms with Gasteiger partial charge in [-0.1, -0.05) is 30.3 Å². The number of benzene rings is 1. The third kappa shape index (κ3) is 4.42. The van der Waals surface area contributed by atoms with Crippen LogP contribution in [0.2, 0.25) is 0 Å². The highest BCUT2D eigenvalue weighted by molar-refractivity contribution is 5.89. The number of nitrogens with two attached hydrogens (primary N) is 2. The second kappa shape index (κ2) is 6.88. The number of carbonyl (C=O) groups excluding carboxylic acids is 2. The molecule has 6 heteroatoms. The Morgan fingerprint density at radius 1 is 1.24 bits per heavy atom. The summed E-state index contributed by atoms with van der Waals surface area (Å²) in [5.41, 5.74) is 11.3. The van der Waals surface area contributed by atoms with Gasteiger partial charge in [0.05, 0.1) is 6.04 Å². The highest BCUT2D eigenvalue weighted by Crippen LogP contribution is 2.11. The topological polar surface area (TPSA) is 98.2 Å². The van der Waals surface area contributed by atoms with Gasteiger partial charge in [0.1, 0.15) is 6.04 Å². The van der Waals surface area contributed by atoms with E-state index >= 15 is 0 Å². The predicted molar refractivity (Wildman–Crippen MR) is 67.4 cm³/mol. The maximum Gasteiger partial charge on any atom is 0.244 e. The molecule has 0 spiro atoms. The second-order valence-electron chi connectivity index (χ2n) is 3.54. The van der Waals surface area contributed by atoms with Gasteiger partial charge in [-0.25, -0.2) is 0 Å². The zero-order valence-electron chi connectivity index (χ0n) is 9.42. The van der Waals surface area contributed by atoms with Gasteiger partial charge in [-0.3, -0.25) is 9.59 Å². The minimum absolute atomic E-state index is 0. The number of nitrogens with one attached hydrogen (secondary N) is 1. The molecule has 1 aromatic carbocycles. The molecule has 17 heavy (non-hydrogen) atoms. The summed E-state index contributed by atoms with van der Waals surface area (Å²) in [5.74, 6) is -1.02. The Morgan fingerprint density at radius 3 is 2.18 bits per heavy atom. The van der Waals surface area contributed by atoms with Gasteiger partial charge in [0.25, 0.3) is 0 Å². The molecule has 0 saturated heterocycles. The zero-order valence-corrected chi connectivity index (χ0v) is 10.2. The maximum atomic E-state index is 11.4. The first-order valence-corrected chi connectivity index (χ1v) is 4.92. The number of hydrogen-bond acceptors (Lipinski definition) is 3. The molecule has 0 aliphatic heterocycles. The molecule has 0 fully saturated rings. The summed E-state index contributed by atoms with van der Waals surface area (Å²) >= 11 is 0. The van der Waals surface area contributed by atoms with E-state index in [1.165, 1.54) is 0 Å². The Labute approximate surface area is 106 Å². The lowest BCUT2D eigenvalue weighted by Crippen LogP contribution is -2.44. The number of primary amides is 1. The largest absolute Gasteiger partial charge is 0.368 e. The Bertz CT molecular complexity index is 382. The van der Waals surface area contributed by atoms with Crippen molar-refractivity contribution in [2.24, 2.45) is 11.5 Å². The first-order chi connectivity index (χ1) is 7.52. The third-order valence-corrected chi connectivity index (χ3v) is 2.12.